The Morgan fingerprint density at radius 3 is 2.62 bits per heavy atom. The fourth-order valence-electron chi connectivity index (χ4n) is 1.97. The van der Waals surface area contributed by atoms with Crippen LogP contribution >= 0.6 is 15.9 Å². The summed E-state index contributed by atoms with van der Waals surface area (Å²) in [6.07, 6.45) is 2.50. The lowest BCUT2D eigenvalue weighted by Gasteiger charge is -2.01. The summed E-state index contributed by atoms with van der Waals surface area (Å²) in [6, 6.07) is 3.62. The molecule has 0 aliphatic carbocycles. The fourth-order valence-corrected chi connectivity index (χ4v) is 2.41. The van der Waals surface area contributed by atoms with Crippen LogP contribution in [0.2, 0.25) is 0 Å². The van der Waals surface area contributed by atoms with Gasteiger partial charge in [0.05, 0.1) is 20.5 Å². The second-order valence-corrected chi connectivity index (χ2v) is 5.56. The summed E-state index contributed by atoms with van der Waals surface area (Å²) in [7, 11) is 0. The van der Waals surface area contributed by atoms with Crippen molar-refractivity contribution in [1.82, 2.24) is 10.1 Å². The molecule has 0 saturated carbocycles. The highest BCUT2D eigenvalue weighted by molar-refractivity contribution is 9.10. The van der Waals surface area contributed by atoms with Crippen LogP contribution in [0, 0.1) is 15.3 Å². The van der Waals surface area contributed by atoms with Gasteiger partial charge in [-0.3, -0.25) is 10.1 Å². The summed E-state index contributed by atoms with van der Waals surface area (Å²) in [4.78, 5) is 14.1. The first kappa shape index (κ1) is 15.7. The minimum atomic E-state index is -0.858. The predicted molar refractivity (Wildman–Crippen MR) is 81.8 cm³/mol. The SMILES string of the molecule is O=[N+]([O-])c1cc(-c2nc(-c3cc(Br)c[n+]([O-])c3)no2)cc(O)c1O. The van der Waals surface area contributed by atoms with Crippen molar-refractivity contribution in [3.8, 4) is 34.3 Å². The molecule has 0 saturated heterocycles. The molecule has 0 bridgehead atoms. The van der Waals surface area contributed by atoms with Crippen molar-refractivity contribution in [3.05, 3.63) is 50.4 Å². The molecule has 0 amide bonds. The second-order valence-electron chi connectivity index (χ2n) is 4.65. The number of halogens is 1. The van der Waals surface area contributed by atoms with Crippen LogP contribution in [0.3, 0.4) is 0 Å². The van der Waals surface area contributed by atoms with Gasteiger partial charge in [-0.1, -0.05) is 5.16 Å². The fraction of sp³-hybridized carbons (Fsp3) is 0. The lowest BCUT2D eigenvalue weighted by atomic mass is 10.1. The molecule has 2 heterocycles. The first-order valence-corrected chi connectivity index (χ1v) is 7.08. The lowest BCUT2D eigenvalue weighted by Crippen LogP contribution is -2.24. The number of phenolic OH excluding ortho intramolecular Hbond substituents is 2. The van der Waals surface area contributed by atoms with Gasteiger partial charge in [-0.25, -0.2) is 0 Å². The Morgan fingerprint density at radius 2 is 1.96 bits per heavy atom. The van der Waals surface area contributed by atoms with Gasteiger partial charge < -0.3 is 19.9 Å². The standard InChI is InChI=1S/C13H7BrN4O6/c14-8-1-7(4-17(21)5-8)12-15-13(24-16-12)6-2-9(18(22)23)11(20)10(19)3-6/h1-5,19-20H. The third kappa shape index (κ3) is 2.84. The van der Waals surface area contributed by atoms with Crippen molar-refractivity contribution in [1.29, 1.82) is 0 Å². The molecule has 3 rings (SSSR count). The number of nitro benzene ring substituents is 1. The summed E-state index contributed by atoms with van der Waals surface area (Å²) >= 11 is 3.16. The molecule has 0 fully saturated rings. The predicted octanol–water partition coefficient (Wildman–Crippen LogP) is 2.12. The summed E-state index contributed by atoms with van der Waals surface area (Å²) in [5.74, 6) is -1.60. The van der Waals surface area contributed by atoms with E-state index in [1.165, 1.54) is 12.4 Å². The monoisotopic (exact) mass is 394 g/mol. The zero-order chi connectivity index (χ0) is 17.4. The molecule has 0 radical (unpaired) electrons. The smallest absolute Gasteiger partial charge is 0.315 e. The minimum absolute atomic E-state index is 0.0424. The van der Waals surface area contributed by atoms with Crippen molar-refractivity contribution in [2.45, 2.75) is 0 Å². The molecule has 10 nitrogen and oxygen atoms in total. The molecule has 1 aromatic carbocycles. The normalized spacial score (nSPS) is 10.7. The number of nitro groups is 1. The summed E-state index contributed by atoms with van der Waals surface area (Å²) in [5, 5.41) is 45.1. The van der Waals surface area contributed by atoms with Crippen LogP contribution in [0.5, 0.6) is 11.5 Å². The van der Waals surface area contributed by atoms with Crippen molar-refractivity contribution in [2.75, 3.05) is 0 Å². The van der Waals surface area contributed by atoms with E-state index in [-0.39, 0.29) is 17.3 Å². The number of pyridine rings is 1. The molecule has 0 aliphatic heterocycles. The van der Waals surface area contributed by atoms with Gasteiger partial charge in [0.2, 0.25) is 11.6 Å². The Hall–Kier alpha value is -3.21. The van der Waals surface area contributed by atoms with Crippen LogP contribution in [-0.2, 0) is 0 Å². The summed E-state index contributed by atoms with van der Waals surface area (Å²) < 4.78 is 6.06. The van der Waals surface area contributed by atoms with Crippen molar-refractivity contribution >= 4 is 21.6 Å². The quantitative estimate of drug-likeness (QED) is 0.225. The molecule has 0 unspecified atom stereocenters. The second kappa shape index (κ2) is 5.77. The van der Waals surface area contributed by atoms with Gasteiger partial charge in [-0.2, -0.15) is 9.71 Å². The van der Waals surface area contributed by atoms with Gasteiger partial charge in [0.15, 0.2) is 18.1 Å². The van der Waals surface area contributed by atoms with Crippen molar-refractivity contribution < 1.29 is 24.4 Å². The maximum absolute atomic E-state index is 11.4. The van der Waals surface area contributed by atoms with Gasteiger partial charge in [-0.15, -0.1) is 0 Å². The highest BCUT2D eigenvalue weighted by atomic mass is 79.9. The number of rotatable bonds is 3. The third-order valence-corrected chi connectivity index (χ3v) is 3.44. The van der Waals surface area contributed by atoms with E-state index in [2.05, 4.69) is 26.1 Å². The number of hydrogen-bond acceptors (Lipinski definition) is 8. The van der Waals surface area contributed by atoms with Gasteiger partial charge in [-0.05, 0) is 28.1 Å². The van der Waals surface area contributed by atoms with Crippen LogP contribution < -0.4 is 4.73 Å². The van der Waals surface area contributed by atoms with Gasteiger partial charge in [0.25, 0.3) is 5.89 Å². The number of aromatic nitrogens is 3. The zero-order valence-corrected chi connectivity index (χ0v) is 13.2. The van der Waals surface area contributed by atoms with E-state index >= 15 is 0 Å². The van der Waals surface area contributed by atoms with Crippen LogP contribution in [-0.4, -0.2) is 25.3 Å². The highest BCUT2D eigenvalue weighted by Crippen LogP contribution is 2.39. The van der Waals surface area contributed by atoms with Crippen molar-refractivity contribution in [2.24, 2.45) is 0 Å². The summed E-state index contributed by atoms with van der Waals surface area (Å²) in [5.41, 5.74) is -0.308. The van der Waals surface area contributed by atoms with E-state index in [9.17, 15) is 25.5 Å². The first-order valence-electron chi connectivity index (χ1n) is 6.29. The Morgan fingerprint density at radius 1 is 1.21 bits per heavy atom. The maximum Gasteiger partial charge on any atom is 0.315 e. The average molecular weight is 395 g/mol. The molecule has 0 atom stereocenters. The van der Waals surface area contributed by atoms with Gasteiger partial charge in [0.1, 0.15) is 0 Å². The number of hydrogen-bond donors (Lipinski definition) is 2. The highest BCUT2D eigenvalue weighted by Gasteiger charge is 2.22. The Kier molecular flexibility index (Phi) is 3.77. The van der Waals surface area contributed by atoms with Crippen LogP contribution in [0.1, 0.15) is 0 Å². The average Bonchev–Trinajstić information content (AvgIpc) is 2.98. The van der Waals surface area contributed by atoms with Crippen LogP contribution in [0.4, 0.5) is 5.69 Å². The number of benzene rings is 1. The Labute approximate surface area is 141 Å². The van der Waals surface area contributed by atoms with E-state index in [1.807, 2.05) is 0 Å². The topological polar surface area (TPSA) is 149 Å². The van der Waals surface area contributed by atoms with Crippen LogP contribution in [0.15, 0.2) is 39.6 Å². The van der Waals surface area contributed by atoms with Gasteiger partial charge in [0, 0.05) is 6.07 Å². The Balaban J connectivity index is 2.06. The molecule has 0 spiro atoms. The van der Waals surface area contributed by atoms with Gasteiger partial charge >= 0.3 is 5.69 Å². The third-order valence-electron chi connectivity index (χ3n) is 3.01. The van der Waals surface area contributed by atoms with E-state index < -0.39 is 22.1 Å². The largest absolute Gasteiger partial charge is 0.619 e. The Bertz CT molecular complexity index is 937. The molecule has 0 aliphatic rings. The van der Waals surface area contributed by atoms with E-state index in [1.54, 1.807) is 6.07 Å². The number of nitrogens with zero attached hydrogens (tertiary/aromatic N) is 4. The number of aromatic hydroxyl groups is 2. The lowest BCUT2D eigenvalue weighted by molar-refractivity contribution is -0.605. The maximum atomic E-state index is 11.4. The molecular weight excluding hydrogens is 388 g/mol. The number of phenols is 2. The molecule has 122 valence electrons. The van der Waals surface area contributed by atoms with E-state index in [0.29, 0.717) is 14.8 Å². The molecule has 11 heteroatoms. The summed E-state index contributed by atoms with van der Waals surface area (Å²) in [6.45, 7) is 0. The minimum Gasteiger partial charge on any atom is -0.619 e. The molecular formula is C13H7BrN4O6. The molecule has 2 N–H and O–H groups in total. The van der Waals surface area contributed by atoms with E-state index in [4.69, 9.17) is 4.52 Å². The molecule has 3 aromatic rings. The van der Waals surface area contributed by atoms with Crippen molar-refractivity contribution in [3.63, 3.8) is 0 Å². The molecule has 2 aromatic heterocycles. The van der Waals surface area contributed by atoms with E-state index in [0.717, 1.165) is 12.1 Å². The molecule has 24 heavy (non-hydrogen) atoms. The first-order chi connectivity index (χ1) is 11.3. The zero-order valence-electron chi connectivity index (χ0n) is 11.6. The van der Waals surface area contributed by atoms with Crippen LogP contribution in [0.25, 0.3) is 22.8 Å².